The number of halogens is 3. The van der Waals surface area contributed by atoms with Gasteiger partial charge in [-0.1, -0.05) is 6.07 Å². The molecular formula is C8H11ClF2N2. The lowest BCUT2D eigenvalue weighted by atomic mass is 10.1. The highest BCUT2D eigenvalue weighted by atomic mass is 35.5. The van der Waals surface area contributed by atoms with Gasteiger partial charge in [0.05, 0.1) is 11.7 Å². The Balaban J connectivity index is 0.00000144. The van der Waals surface area contributed by atoms with Crippen molar-refractivity contribution in [2.75, 3.05) is 0 Å². The second kappa shape index (κ2) is 5.83. The van der Waals surface area contributed by atoms with Gasteiger partial charge in [-0.05, 0) is 12.1 Å². The van der Waals surface area contributed by atoms with Gasteiger partial charge in [-0.2, -0.15) is 0 Å². The zero-order valence-corrected chi connectivity index (χ0v) is 7.68. The Morgan fingerprint density at radius 2 is 2.08 bits per heavy atom. The van der Waals surface area contributed by atoms with Crippen LogP contribution in [0.2, 0.25) is 0 Å². The summed E-state index contributed by atoms with van der Waals surface area (Å²) in [6, 6.07) is 4.44. The molecule has 1 rings (SSSR count). The number of pyridine rings is 1. The number of hydrogen-bond donors (Lipinski definition) is 1. The number of nitrogens with zero attached hydrogens (tertiary/aromatic N) is 1. The second-order valence-electron chi connectivity index (χ2n) is 2.49. The lowest BCUT2D eigenvalue weighted by Gasteiger charge is -2.08. The first kappa shape index (κ1) is 12.3. The van der Waals surface area contributed by atoms with Crippen molar-refractivity contribution in [2.24, 2.45) is 5.73 Å². The summed E-state index contributed by atoms with van der Waals surface area (Å²) in [5.41, 5.74) is 5.97. The van der Waals surface area contributed by atoms with E-state index in [1.165, 1.54) is 0 Å². The van der Waals surface area contributed by atoms with E-state index >= 15 is 0 Å². The van der Waals surface area contributed by atoms with Gasteiger partial charge < -0.3 is 5.73 Å². The van der Waals surface area contributed by atoms with Crippen LogP contribution in [0.3, 0.4) is 0 Å². The third-order valence-corrected chi connectivity index (χ3v) is 1.50. The lowest BCUT2D eigenvalue weighted by Crippen LogP contribution is -2.15. The maximum atomic E-state index is 11.9. The lowest BCUT2D eigenvalue weighted by molar-refractivity contribution is 0.128. The molecule has 1 atom stereocenters. The molecule has 5 heteroatoms. The van der Waals surface area contributed by atoms with Crippen LogP contribution in [0.25, 0.3) is 0 Å². The fraction of sp³-hybridized carbons (Fsp3) is 0.375. The smallest absolute Gasteiger partial charge is 0.240 e. The zero-order valence-electron chi connectivity index (χ0n) is 6.86. The molecule has 0 bridgehead atoms. The maximum Gasteiger partial charge on any atom is 0.240 e. The summed E-state index contributed by atoms with van der Waals surface area (Å²) >= 11 is 0. The number of aromatic nitrogens is 1. The van der Waals surface area contributed by atoms with Gasteiger partial charge in [-0.15, -0.1) is 12.4 Å². The molecule has 1 heterocycles. The molecule has 0 amide bonds. The Labute approximate surface area is 81.6 Å². The van der Waals surface area contributed by atoms with Crippen LogP contribution in [-0.4, -0.2) is 11.4 Å². The van der Waals surface area contributed by atoms with Crippen LogP contribution in [0.1, 0.15) is 18.2 Å². The number of alkyl halides is 2. The Bertz CT molecular complexity index is 231. The third-order valence-electron chi connectivity index (χ3n) is 1.50. The normalized spacial score (nSPS) is 12.3. The van der Waals surface area contributed by atoms with E-state index < -0.39 is 12.5 Å². The molecule has 1 aromatic rings. The highest BCUT2D eigenvalue weighted by molar-refractivity contribution is 5.85. The van der Waals surface area contributed by atoms with Gasteiger partial charge in [0.25, 0.3) is 0 Å². The summed E-state index contributed by atoms with van der Waals surface area (Å²) in [6.07, 6.45) is -1.17. The second-order valence-corrected chi connectivity index (χ2v) is 2.49. The Morgan fingerprint density at radius 1 is 1.38 bits per heavy atom. The first-order valence-corrected chi connectivity index (χ1v) is 3.65. The summed E-state index contributed by atoms with van der Waals surface area (Å²) in [5.74, 6) is 0. The number of hydrogen-bond acceptors (Lipinski definition) is 2. The molecule has 0 saturated carbocycles. The van der Waals surface area contributed by atoms with E-state index in [1.54, 1.807) is 24.4 Å². The van der Waals surface area contributed by atoms with Crippen molar-refractivity contribution in [3.8, 4) is 0 Å². The Kier molecular flexibility index (Phi) is 5.50. The molecule has 2 nitrogen and oxygen atoms in total. The molecule has 74 valence electrons. The molecule has 0 aliphatic carbocycles. The fourth-order valence-electron chi connectivity index (χ4n) is 0.908. The summed E-state index contributed by atoms with van der Waals surface area (Å²) in [5, 5.41) is 0. The van der Waals surface area contributed by atoms with Crippen molar-refractivity contribution < 1.29 is 8.78 Å². The summed E-state index contributed by atoms with van der Waals surface area (Å²) in [4.78, 5) is 3.87. The van der Waals surface area contributed by atoms with Crippen molar-refractivity contribution in [3.63, 3.8) is 0 Å². The molecule has 0 fully saturated rings. The van der Waals surface area contributed by atoms with Crippen LogP contribution >= 0.6 is 12.4 Å². The van der Waals surface area contributed by atoms with Gasteiger partial charge in [0, 0.05) is 12.6 Å². The minimum Gasteiger partial charge on any atom is -0.322 e. The molecule has 0 radical (unpaired) electrons. The van der Waals surface area contributed by atoms with E-state index in [2.05, 4.69) is 4.98 Å². The fourth-order valence-corrected chi connectivity index (χ4v) is 0.908. The summed E-state index contributed by atoms with van der Waals surface area (Å²) in [6.45, 7) is 0. The van der Waals surface area contributed by atoms with Crippen molar-refractivity contribution in [2.45, 2.75) is 18.9 Å². The quantitative estimate of drug-likeness (QED) is 0.827. The van der Waals surface area contributed by atoms with Gasteiger partial charge in [-0.3, -0.25) is 4.98 Å². The maximum absolute atomic E-state index is 11.9. The van der Waals surface area contributed by atoms with Crippen molar-refractivity contribution >= 4 is 12.4 Å². The predicted molar refractivity (Wildman–Crippen MR) is 49.0 cm³/mol. The highest BCUT2D eigenvalue weighted by Crippen LogP contribution is 2.14. The first-order chi connectivity index (χ1) is 5.70. The number of nitrogens with two attached hydrogens (primary N) is 1. The minimum atomic E-state index is -2.37. The molecule has 0 aromatic carbocycles. The standard InChI is InChI=1S/C8H10F2N2.ClH/c9-8(10)5-6(11)7-3-1-2-4-12-7;/h1-4,6,8H,5,11H2;1H/t6-;/m1./s1. The first-order valence-electron chi connectivity index (χ1n) is 3.65. The Morgan fingerprint density at radius 3 is 2.54 bits per heavy atom. The predicted octanol–water partition coefficient (Wildman–Crippen LogP) is 2.16. The van der Waals surface area contributed by atoms with Crippen molar-refractivity contribution in [3.05, 3.63) is 30.1 Å². The van der Waals surface area contributed by atoms with E-state index in [0.29, 0.717) is 5.69 Å². The van der Waals surface area contributed by atoms with E-state index in [0.717, 1.165) is 0 Å². The zero-order chi connectivity index (χ0) is 8.97. The van der Waals surface area contributed by atoms with E-state index in [9.17, 15) is 8.78 Å². The molecule has 13 heavy (non-hydrogen) atoms. The molecule has 2 N–H and O–H groups in total. The van der Waals surface area contributed by atoms with Crippen molar-refractivity contribution in [1.29, 1.82) is 0 Å². The van der Waals surface area contributed by atoms with Crippen LogP contribution in [0.5, 0.6) is 0 Å². The van der Waals surface area contributed by atoms with Gasteiger partial charge >= 0.3 is 0 Å². The van der Waals surface area contributed by atoms with Gasteiger partial charge in [-0.25, -0.2) is 8.78 Å². The molecule has 0 saturated heterocycles. The topological polar surface area (TPSA) is 38.9 Å². The molecule has 0 aliphatic heterocycles. The Hall–Kier alpha value is -0.740. The molecular weight excluding hydrogens is 198 g/mol. The van der Waals surface area contributed by atoms with Crippen LogP contribution < -0.4 is 5.73 Å². The van der Waals surface area contributed by atoms with E-state index in [1.807, 2.05) is 0 Å². The van der Waals surface area contributed by atoms with E-state index in [-0.39, 0.29) is 18.8 Å². The van der Waals surface area contributed by atoms with Crippen LogP contribution in [0.4, 0.5) is 8.78 Å². The van der Waals surface area contributed by atoms with Crippen LogP contribution in [0, 0.1) is 0 Å². The minimum absolute atomic E-state index is 0. The molecule has 1 aromatic heterocycles. The number of rotatable bonds is 3. The largest absolute Gasteiger partial charge is 0.322 e. The van der Waals surface area contributed by atoms with Crippen molar-refractivity contribution in [1.82, 2.24) is 4.98 Å². The van der Waals surface area contributed by atoms with Crippen LogP contribution in [0.15, 0.2) is 24.4 Å². The molecule has 0 spiro atoms. The monoisotopic (exact) mass is 208 g/mol. The molecule has 0 aliphatic rings. The van der Waals surface area contributed by atoms with Gasteiger partial charge in [0.15, 0.2) is 0 Å². The van der Waals surface area contributed by atoms with Gasteiger partial charge in [0.2, 0.25) is 6.43 Å². The third kappa shape index (κ3) is 4.15. The summed E-state index contributed by atoms with van der Waals surface area (Å²) in [7, 11) is 0. The molecule has 0 unspecified atom stereocenters. The van der Waals surface area contributed by atoms with Crippen LogP contribution in [-0.2, 0) is 0 Å². The average molecular weight is 209 g/mol. The van der Waals surface area contributed by atoms with Gasteiger partial charge in [0.1, 0.15) is 0 Å². The highest BCUT2D eigenvalue weighted by Gasteiger charge is 2.12. The average Bonchev–Trinajstić information content (AvgIpc) is 2.05. The SMILES string of the molecule is Cl.N[C@H](CC(F)F)c1ccccn1. The van der Waals surface area contributed by atoms with E-state index in [4.69, 9.17) is 5.73 Å². The summed E-state index contributed by atoms with van der Waals surface area (Å²) < 4.78 is 23.7.